The van der Waals surface area contributed by atoms with Gasteiger partial charge >= 0.3 is 0 Å². The van der Waals surface area contributed by atoms with Crippen LogP contribution < -0.4 is 10.6 Å². The third-order valence-corrected chi connectivity index (χ3v) is 3.41. The monoisotopic (exact) mass is 257 g/mol. The van der Waals surface area contributed by atoms with Crippen LogP contribution >= 0.6 is 0 Å². The number of nitrogens with zero attached hydrogens (tertiary/aromatic N) is 1. The second-order valence-electron chi connectivity index (χ2n) is 4.86. The Bertz CT molecular complexity index is 244. The van der Waals surface area contributed by atoms with Gasteiger partial charge in [0.1, 0.15) is 0 Å². The van der Waals surface area contributed by atoms with E-state index < -0.39 is 0 Å². The van der Waals surface area contributed by atoms with Gasteiger partial charge < -0.3 is 15.4 Å². The molecule has 1 amide bonds. The molecular formula is C13H27N3O2. The maximum Gasteiger partial charge on any atom is 0.237 e. The van der Waals surface area contributed by atoms with E-state index in [9.17, 15) is 4.79 Å². The lowest BCUT2D eigenvalue weighted by Crippen LogP contribution is -2.62. The van der Waals surface area contributed by atoms with Crippen LogP contribution in [-0.4, -0.2) is 62.8 Å². The molecule has 5 heteroatoms. The number of rotatable bonds is 9. The van der Waals surface area contributed by atoms with Gasteiger partial charge in [-0.15, -0.1) is 0 Å². The van der Waals surface area contributed by atoms with Crippen LogP contribution in [-0.2, 0) is 9.53 Å². The van der Waals surface area contributed by atoms with Crippen LogP contribution in [0.1, 0.15) is 26.7 Å². The molecule has 0 aliphatic carbocycles. The molecule has 1 saturated heterocycles. The Morgan fingerprint density at radius 3 is 2.78 bits per heavy atom. The quantitative estimate of drug-likeness (QED) is 0.580. The molecule has 0 aromatic rings. The van der Waals surface area contributed by atoms with Gasteiger partial charge in [-0.05, 0) is 26.3 Å². The Hall–Kier alpha value is -0.650. The van der Waals surface area contributed by atoms with E-state index in [1.807, 2.05) is 6.92 Å². The summed E-state index contributed by atoms with van der Waals surface area (Å²) in [6, 6.07) is 0.476. The third kappa shape index (κ3) is 4.55. The van der Waals surface area contributed by atoms with E-state index in [0.717, 1.165) is 32.5 Å². The van der Waals surface area contributed by atoms with E-state index >= 15 is 0 Å². The van der Waals surface area contributed by atoms with Crippen molar-refractivity contribution < 1.29 is 9.53 Å². The fraction of sp³-hybridized carbons (Fsp3) is 0.923. The molecule has 106 valence electrons. The Labute approximate surface area is 110 Å². The minimum atomic E-state index is -0.0420. The third-order valence-electron chi connectivity index (χ3n) is 3.41. The van der Waals surface area contributed by atoms with Crippen molar-refractivity contribution in [3.05, 3.63) is 0 Å². The van der Waals surface area contributed by atoms with Gasteiger partial charge in [-0.25, -0.2) is 0 Å². The van der Waals surface area contributed by atoms with Crippen molar-refractivity contribution >= 4 is 5.91 Å². The van der Waals surface area contributed by atoms with Gasteiger partial charge in [0, 0.05) is 39.4 Å². The standard InChI is InChI=1S/C13H27N3O2/c1-4-7-16(12-9-14-10-12)11(2)13(17)15-6-5-8-18-3/h11-12,14H,4-10H2,1-3H3,(H,15,17). The molecular weight excluding hydrogens is 230 g/mol. The molecule has 0 spiro atoms. The summed E-state index contributed by atoms with van der Waals surface area (Å²) in [5.41, 5.74) is 0. The summed E-state index contributed by atoms with van der Waals surface area (Å²) in [4.78, 5) is 14.4. The number of methoxy groups -OCH3 is 1. The van der Waals surface area contributed by atoms with Crippen LogP contribution in [0.5, 0.6) is 0 Å². The summed E-state index contributed by atoms with van der Waals surface area (Å²) in [6.45, 7) is 8.53. The van der Waals surface area contributed by atoms with Gasteiger partial charge in [-0.1, -0.05) is 6.92 Å². The first-order chi connectivity index (χ1) is 8.70. The van der Waals surface area contributed by atoms with Crippen LogP contribution in [0.25, 0.3) is 0 Å². The zero-order valence-electron chi connectivity index (χ0n) is 11.9. The highest BCUT2D eigenvalue weighted by molar-refractivity contribution is 5.81. The number of carbonyl (C=O) groups is 1. The van der Waals surface area contributed by atoms with Crippen molar-refractivity contribution in [1.82, 2.24) is 15.5 Å². The lowest BCUT2D eigenvalue weighted by molar-refractivity contribution is -0.127. The molecule has 1 atom stereocenters. The first-order valence-electron chi connectivity index (χ1n) is 6.93. The molecule has 0 aromatic heterocycles. The largest absolute Gasteiger partial charge is 0.385 e. The summed E-state index contributed by atoms with van der Waals surface area (Å²) in [7, 11) is 1.68. The number of ether oxygens (including phenoxy) is 1. The minimum absolute atomic E-state index is 0.0420. The van der Waals surface area contributed by atoms with Crippen LogP contribution in [0, 0.1) is 0 Å². The molecule has 5 nitrogen and oxygen atoms in total. The van der Waals surface area contributed by atoms with Gasteiger partial charge in [0.15, 0.2) is 0 Å². The Morgan fingerprint density at radius 2 is 2.28 bits per heavy atom. The van der Waals surface area contributed by atoms with Gasteiger partial charge in [-0.2, -0.15) is 0 Å². The van der Waals surface area contributed by atoms with E-state index in [2.05, 4.69) is 22.5 Å². The molecule has 0 saturated carbocycles. The van der Waals surface area contributed by atoms with Crippen molar-refractivity contribution in [2.75, 3.05) is 39.9 Å². The Kier molecular flexibility index (Phi) is 7.23. The average molecular weight is 257 g/mol. The molecule has 1 rings (SSSR count). The molecule has 0 aromatic carbocycles. The maximum absolute atomic E-state index is 12.1. The molecule has 1 aliphatic heterocycles. The lowest BCUT2D eigenvalue weighted by atomic mass is 10.1. The minimum Gasteiger partial charge on any atom is -0.385 e. The first-order valence-corrected chi connectivity index (χ1v) is 6.93. The number of carbonyl (C=O) groups excluding carboxylic acids is 1. The Morgan fingerprint density at radius 1 is 1.56 bits per heavy atom. The SMILES string of the molecule is CCCN(C1CNC1)C(C)C(=O)NCCCOC. The number of nitrogens with one attached hydrogen (secondary N) is 2. The summed E-state index contributed by atoms with van der Waals surface area (Å²) in [5, 5.41) is 6.24. The zero-order valence-corrected chi connectivity index (χ0v) is 11.9. The molecule has 1 aliphatic rings. The molecule has 0 radical (unpaired) electrons. The molecule has 0 bridgehead atoms. The highest BCUT2D eigenvalue weighted by atomic mass is 16.5. The average Bonchev–Trinajstić information content (AvgIpc) is 2.30. The van der Waals surface area contributed by atoms with Gasteiger partial charge in [0.2, 0.25) is 5.91 Å². The Balaban J connectivity index is 2.33. The normalized spacial score (nSPS) is 17.6. The van der Waals surface area contributed by atoms with Crippen LogP contribution in [0.4, 0.5) is 0 Å². The highest BCUT2D eigenvalue weighted by Gasteiger charge is 2.30. The van der Waals surface area contributed by atoms with Crippen molar-refractivity contribution in [2.24, 2.45) is 0 Å². The predicted octanol–water partition coefficient (Wildman–Crippen LogP) is 0.211. The fourth-order valence-electron chi connectivity index (χ4n) is 2.19. The first kappa shape index (κ1) is 15.4. The molecule has 18 heavy (non-hydrogen) atoms. The van der Waals surface area contributed by atoms with Crippen molar-refractivity contribution in [1.29, 1.82) is 0 Å². The van der Waals surface area contributed by atoms with Crippen LogP contribution in [0.2, 0.25) is 0 Å². The number of hydrogen-bond acceptors (Lipinski definition) is 4. The van der Waals surface area contributed by atoms with E-state index in [4.69, 9.17) is 4.74 Å². The topological polar surface area (TPSA) is 53.6 Å². The van der Waals surface area contributed by atoms with Crippen molar-refractivity contribution in [3.8, 4) is 0 Å². The van der Waals surface area contributed by atoms with Crippen molar-refractivity contribution in [2.45, 2.75) is 38.8 Å². The zero-order chi connectivity index (χ0) is 13.4. The second kappa shape index (κ2) is 8.45. The van der Waals surface area contributed by atoms with Gasteiger partial charge in [-0.3, -0.25) is 9.69 Å². The smallest absolute Gasteiger partial charge is 0.237 e. The van der Waals surface area contributed by atoms with Crippen LogP contribution in [0.3, 0.4) is 0 Å². The summed E-state index contributed by atoms with van der Waals surface area (Å²) in [5.74, 6) is 0.131. The van der Waals surface area contributed by atoms with Gasteiger partial charge in [0.25, 0.3) is 0 Å². The highest BCUT2D eigenvalue weighted by Crippen LogP contribution is 2.11. The predicted molar refractivity (Wildman–Crippen MR) is 72.6 cm³/mol. The van der Waals surface area contributed by atoms with E-state index in [1.54, 1.807) is 7.11 Å². The van der Waals surface area contributed by atoms with Crippen LogP contribution in [0.15, 0.2) is 0 Å². The number of amides is 1. The summed E-state index contributed by atoms with van der Waals surface area (Å²) < 4.78 is 4.96. The lowest BCUT2D eigenvalue weighted by Gasteiger charge is -2.41. The fourth-order valence-corrected chi connectivity index (χ4v) is 2.19. The molecule has 1 fully saturated rings. The van der Waals surface area contributed by atoms with Gasteiger partial charge in [0.05, 0.1) is 6.04 Å². The van der Waals surface area contributed by atoms with Crippen molar-refractivity contribution in [3.63, 3.8) is 0 Å². The molecule has 2 N–H and O–H groups in total. The van der Waals surface area contributed by atoms with E-state index in [1.165, 1.54) is 0 Å². The molecule has 1 unspecified atom stereocenters. The maximum atomic E-state index is 12.1. The second-order valence-corrected chi connectivity index (χ2v) is 4.86. The summed E-state index contributed by atoms with van der Waals surface area (Å²) >= 11 is 0. The van der Waals surface area contributed by atoms with E-state index in [0.29, 0.717) is 19.2 Å². The van der Waals surface area contributed by atoms with E-state index in [-0.39, 0.29) is 11.9 Å². The number of hydrogen-bond donors (Lipinski definition) is 2. The summed E-state index contributed by atoms with van der Waals surface area (Å²) in [6.07, 6.45) is 1.95. The molecule has 1 heterocycles.